The Bertz CT molecular complexity index is 358. The molecule has 3 unspecified atom stereocenters. The summed E-state index contributed by atoms with van der Waals surface area (Å²) in [5.41, 5.74) is 0.303. The molecular formula is C19H33NO. The van der Waals surface area contributed by atoms with Gasteiger partial charge in [0.15, 0.2) is 0 Å². The van der Waals surface area contributed by atoms with E-state index in [1.54, 1.807) is 0 Å². The molecule has 1 aliphatic heterocycles. The molecule has 1 heterocycles. The zero-order valence-electron chi connectivity index (χ0n) is 13.9. The number of hydrogen-bond acceptors (Lipinski definition) is 2. The molecule has 5 fully saturated rings. The van der Waals surface area contributed by atoms with Crippen LogP contribution in [-0.4, -0.2) is 35.2 Å². The summed E-state index contributed by atoms with van der Waals surface area (Å²) in [5.74, 6) is 3.71. The van der Waals surface area contributed by atoms with Crippen LogP contribution in [-0.2, 0) is 0 Å². The second-order valence-electron chi connectivity index (χ2n) is 9.27. The number of piperidine rings is 1. The summed E-state index contributed by atoms with van der Waals surface area (Å²) in [6.07, 6.45) is 11.0. The minimum Gasteiger partial charge on any atom is -0.391 e. The van der Waals surface area contributed by atoms with Gasteiger partial charge in [-0.25, -0.2) is 0 Å². The van der Waals surface area contributed by atoms with Gasteiger partial charge in [-0.2, -0.15) is 0 Å². The molecule has 5 aliphatic rings. The van der Waals surface area contributed by atoms with Crippen molar-refractivity contribution in [3.8, 4) is 0 Å². The minimum absolute atomic E-state index is 0.0678. The predicted molar refractivity (Wildman–Crippen MR) is 86.0 cm³/mol. The molecular weight excluding hydrogens is 258 g/mol. The third-order valence-electron chi connectivity index (χ3n) is 7.48. The third kappa shape index (κ3) is 2.57. The van der Waals surface area contributed by atoms with Crippen molar-refractivity contribution in [3.63, 3.8) is 0 Å². The van der Waals surface area contributed by atoms with Crippen LogP contribution in [0.4, 0.5) is 0 Å². The van der Waals surface area contributed by atoms with Gasteiger partial charge in [0.2, 0.25) is 0 Å². The number of aliphatic hydroxyl groups excluding tert-OH is 1. The van der Waals surface area contributed by atoms with E-state index in [0.717, 1.165) is 30.2 Å². The van der Waals surface area contributed by atoms with Crippen LogP contribution < -0.4 is 0 Å². The van der Waals surface area contributed by atoms with Crippen LogP contribution in [0.3, 0.4) is 0 Å². The predicted octanol–water partition coefficient (Wildman–Crippen LogP) is 3.68. The van der Waals surface area contributed by atoms with Crippen molar-refractivity contribution in [3.05, 3.63) is 0 Å². The Balaban J connectivity index is 1.44. The van der Waals surface area contributed by atoms with Crippen LogP contribution in [0, 0.1) is 29.1 Å². The van der Waals surface area contributed by atoms with Gasteiger partial charge in [0, 0.05) is 12.6 Å². The maximum absolute atomic E-state index is 11.1. The zero-order chi connectivity index (χ0) is 14.6. The Labute approximate surface area is 130 Å². The maximum atomic E-state index is 11.1. The van der Waals surface area contributed by atoms with Gasteiger partial charge in [0.25, 0.3) is 0 Å². The van der Waals surface area contributed by atoms with Gasteiger partial charge in [-0.3, -0.25) is 4.90 Å². The van der Waals surface area contributed by atoms with Gasteiger partial charge in [0.05, 0.1) is 6.10 Å². The Kier molecular flexibility index (Phi) is 3.61. The Morgan fingerprint density at radius 1 is 1.00 bits per heavy atom. The van der Waals surface area contributed by atoms with Gasteiger partial charge in [-0.1, -0.05) is 6.92 Å². The fourth-order valence-corrected chi connectivity index (χ4v) is 6.73. The van der Waals surface area contributed by atoms with Crippen molar-refractivity contribution in [2.24, 2.45) is 29.1 Å². The first-order chi connectivity index (χ1) is 10.0. The van der Waals surface area contributed by atoms with Gasteiger partial charge in [0.1, 0.15) is 0 Å². The standard InChI is InChI=1S/C19H33NO/c1-13-3-4-20(14(2)5-13)12-18(21)19-9-15-6-16(10-19)8-17(7-15)11-19/h13-18,21H,3-12H2,1-2H3. The highest BCUT2D eigenvalue weighted by Crippen LogP contribution is 2.61. The van der Waals surface area contributed by atoms with Crippen molar-refractivity contribution >= 4 is 0 Å². The molecule has 21 heavy (non-hydrogen) atoms. The average molecular weight is 291 g/mol. The molecule has 0 aromatic carbocycles. The minimum atomic E-state index is -0.0678. The first-order valence-corrected chi connectivity index (χ1v) is 9.46. The zero-order valence-corrected chi connectivity index (χ0v) is 13.9. The van der Waals surface area contributed by atoms with Gasteiger partial charge in [-0.05, 0) is 93.9 Å². The second-order valence-corrected chi connectivity index (χ2v) is 9.27. The Morgan fingerprint density at radius 2 is 1.57 bits per heavy atom. The second kappa shape index (κ2) is 5.23. The molecule has 0 aromatic heterocycles. The molecule has 2 heteroatoms. The molecule has 4 aliphatic carbocycles. The molecule has 0 aromatic rings. The van der Waals surface area contributed by atoms with Crippen LogP contribution in [0.15, 0.2) is 0 Å². The first kappa shape index (κ1) is 14.5. The highest BCUT2D eigenvalue weighted by atomic mass is 16.3. The molecule has 120 valence electrons. The lowest BCUT2D eigenvalue weighted by Crippen LogP contribution is -2.56. The third-order valence-corrected chi connectivity index (χ3v) is 7.48. The Hall–Kier alpha value is -0.0800. The molecule has 1 saturated heterocycles. The summed E-state index contributed by atoms with van der Waals surface area (Å²) >= 11 is 0. The molecule has 1 N–H and O–H groups in total. The van der Waals surface area contributed by atoms with Crippen molar-refractivity contribution in [1.29, 1.82) is 0 Å². The SMILES string of the molecule is CC1CCN(CC(O)C23CC4CC(CC(C4)C2)C3)C(C)C1. The smallest absolute Gasteiger partial charge is 0.0723 e. The lowest BCUT2D eigenvalue weighted by atomic mass is 9.48. The highest BCUT2D eigenvalue weighted by Gasteiger charge is 2.54. The molecule has 5 rings (SSSR count). The van der Waals surface area contributed by atoms with E-state index in [1.807, 2.05) is 0 Å². The summed E-state index contributed by atoms with van der Waals surface area (Å²) in [6.45, 7) is 6.89. The van der Waals surface area contributed by atoms with Crippen LogP contribution >= 0.6 is 0 Å². The number of nitrogens with zero attached hydrogens (tertiary/aromatic N) is 1. The van der Waals surface area contributed by atoms with Gasteiger partial charge < -0.3 is 5.11 Å². The molecule has 2 nitrogen and oxygen atoms in total. The van der Waals surface area contributed by atoms with Crippen molar-refractivity contribution < 1.29 is 5.11 Å². The van der Waals surface area contributed by atoms with Crippen LogP contribution in [0.25, 0.3) is 0 Å². The van der Waals surface area contributed by atoms with Crippen LogP contribution in [0.5, 0.6) is 0 Å². The first-order valence-electron chi connectivity index (χ1n) is 9.46. The van der Waals surface area contributed by atoms with E-state index in [-0.39, 0.29) is 6.10 Å². The summed E-state index contributed by atoms with van der Waals surface area (Å²) in [5, 5.41) is 11.1. The van der Waals surface area contributed by atoms with E-state index in [1.165, 1.54) is 57.9 Å². The lowest BCUT2D eigenvalue weighted by Gasteiger charge is -2.59. The van der Waals surface area contributed by atoms with E-state index in [0.29, 0.717) is 11.5 Å². The summed E-state index contributed by atoms with van der Waals surface area (Å²) < 4.78 is 0. The van der Waals surface area contributed by atoms with E-state index >= 15 is 0 Å². The van der Waals surface area contributed by atoms with Crippen LogP contribution in [0.2, 0.25) is 0 Å². The highest BCUT2D eigenvalue weighted by molar-refractivity contribution is 5.05. The fourth-order valence-electron chi connectivity index (χ4n) is 6.73. The van der Waals surface area contributed by atoms with E-state index in [9.17, 15) is 5.11 Å². The van der Waals surface area contributed by atoms with Gasteiger partial charge >= 0.3 is 0 Å². The number of likely N-dealkylation sites (tertiary alicyclic amines) is 1. The fraction of sp³-hybridized carbons (Fsp3) is 1.00. The number of rotatable bonds is 3. The average Bonchev–Trinajstić information content (AvgIpc) is 2.40. The van der Waals surface area contributed by atoms with Crippen molar-refractivity contribution in [2.75, 3.05) is 13.1 Å². The number of β-amino-alcohol motifs (C(OH)–C–C–N with tert-alkyl or cyclic N) is 1. The largest absolute Gasteiger partial charge is 0.391 e. The van der Waals surface area contributed by atoms with E-state index in [2.05, 4.69) is 18.7 Å². The van der Waals surface area contributed by atoms with Gasteiger partial charge in [-0.15, -0.1) is 0 Å². The molecule has 0 spiro atoms. The normalized spacial score (nSPS) is 51.3. The monoisotopic (exact) mass is 291 g/mol. The van der Waals surface area contributed by atoms with Crippen molar-refractivity contribution in [2.45, 2.75) is 77.4 Å². The molecule has 3 atom stereocenters. The van der Waals surface area contributed by atoms with E-state index < -0.39 is 0 Å². The summed E-state index contributed by atoms with van der Waals surface area (Å²) in [6, 6.07) is 0.664. The molecule has 0 amide bonds. The Morgan fingerprint density at radius 3 is 2.10 bits per heavy atom. The topological polar surface area (TPSA) is 23.5 Å². The van der Waals surface area contributed by atoms with Crippen LogP contribution in [0.1, 0.15) is 65.2 Å². The number of hydrogen-bond donors (Lipinski definition) is 1. The molecule has 4 bridgehead atoms. The van der Waals surface area contributed by atoms with E-state index in [4.69, 9.17) is 0 Å². The maximum Gasteiger partial charge on any atom is 0.0723 e. The summed E-state index contributed by atoms with van der Waals surface area (Å²) in [4.78, 5) is 2.59. The lowest BCUT2D eigenvalue weighted by molar-refractivity contribution is -0.130. The quantitative estimate of drug-likeness (QED) is 0.857. The molecule has 4 saturated carbocycles. The number of aliphatic hydroxyl groups is 1. The van der Waals surface area contributed by atoms with Crippen molar-refractivity contribution in [1.82, 2.24) is 4.90 Å². The molecule has 0 radical (unpaired) electrons. The summed E-state index contributed by atoms with van der Waals surface area (Å²) in [7, 11) is 0.